The van der Waals surface area contributed by atoms with E-state index in [9.17, 15) is 9.59 Å². The van der Waals surface area contributed by atoms with Gasteiger partial charge in [-0.05, 0) is 70.8 Å². The largest absolute Gasteiger partial charge is 0.497 e. The van der Waals surface area contributed by atoms with Gasteiger partial charge in [-0.2, -0.15) is 0 Å². The maximum Gasteiger partial charge on any atom is 0.410 e. The SMILES string of the molecule is COc1cccc(CN(Cc2ccc(N(C)C)cc2)C(=O)OCCOCCOc2cncc(OCCOCCOC(=O)N(Cc3ccc(N(C)C)cc3)Cc3cccc(OC)c3)c2)c1. The number of amides is 2. The van der Waals surface area contributed by atoms with Gasteiger partial charge < -0.3 is 47.7 Å². The molecule has 0 spiro atoms. The quantitative estimate of drug-likeness (QED) is 0.0503. The molecular formula is C49H61N5O10. The van der Waals surface area contributed by atoms with Crippen molar-refractivity contribution in [3.05, 3.63) is 138 Å². The lowest BCUT2D eigenvalue weighted by atomic mass is 10.1. The van der Waals surface area contributed by atoms with Crippen molar-refractivity contribution in [2.45, 2.75) is 26.2 Å². The van der Waals surface area contributed by atoms with Crippen LogP contribution >= 0.6 is 0 Å². The number of nitrogens with zero attached hydrogens (tertiary/aromatic N) is 5. The minimum absolute atomic E-state index is 0.0809. The summed E-state index contributed by atoms with van der Waals surface area (Å²) < 4.78 is 44.9. The van der Waals surface area contributed by atoms with Crippen molar-refractivity contribution in [2.75, 3.05) is 105 Å². The molecule has 4 aromatic carbocycles. The molecule has 5 rings (SSSR count). The van der Waals surface area contributed by atoms with Crippen LogP contribution in [0.25, 0.3) is 0 Å². The monoisotopic (exact) mass is 879 g/mol. The zero-order valence-corrected chi connectivity index (χ0v) is 37.8. The topological polar surface area (TPSA) is 134 Å². The third kappa shape index (κ3) is 16.5. The molecular weight excluding hydrogens is 819 g/mol. The molecule has 0 saturated heterocycles. The second-order valence-corrected chi connectivity index (χ2v) is 15.0. The number of pyridine rings is 1. The van der Waals surface area contributed by atoms with Gasteiger partial charge in [0.15, 0.2) is 0 Å². The van der Waals surface area contributed by atoms with Gasteiger partial charge in [-0.25, -0.2) is 9.59 Å². The molecule has 15 heteroatoms. The fraction of sp³-hybridized carbons (Fsp3) is 0.367. The Hall–Kier alpha value is -6.71. The van der Waals surface area contributed by atoms with E-state index in [4.69, 9.17) is 37.9 Å². The molecule has 0 radical (unpaired) electrons. The average Bonchev–Trinajstić information content (AvgIpc) is 3.31. The summed E-state index contributed by atoms with van der Waals surface area (Å²) in [7, 11) is 11.2. The van der Waals surface area contributed by atoms with Gasteiger partial charge >= 0.3 is 12.2 Å². The highest BCUT2D eigenvalue weighted by Crippen LogP contribution is 2.21. The van der Waals surface area contributed by atoms with E-state index in [1.54, 1.807) is 42.5 Å². The highest BCUT2D eigenvalue weighted by molar-refractivity contribution is 5.68. The van der Waals surface area contributed by atoms with Crippen LogP contribution in [-0.4, -0.2) is 122 Å². The molecule has 0 N–H and O–H groups in total. The number of ether oxygens (including phenoxy) is 8. The van der Waals surface area contributed by atoms with Crippen molar-refractivity contribution < 1.29 is 47.5 Å². The van der Waals surface area contributed by atoms with E-state index in [1.807, 2.05) is 135 Å². The molecule has 0 aliphatic rings. The summed E-state index contributed by atoms with van der Waals surface area (Å²) in [6.45, 7) is 3.07. The van der Waals surface area contributed by atoms with Crippen LogP contribution < -0.4 is 28.7 Å². The maximum absolute atomic E-state index is 13.2. The summed E-state index contributed by atoms with van der Waals surface area (Å²) in [4.78, 5) is 38.1. The van der Waals surface area contributed by atoms with E-state index in [-0.39, 0.29) is 52.9 Å². The van der Waals surface area contributed by atoms with Crippen molar-refractivity contribution in [1.82, 2.24) is 14.8 Å². The summed E-state index contributed by atoms with van der Waals surface area (Å²) in [6, 6.07) is 33.1. The molecule has 64 heavy (non-hydrogen) atoms. The van der Waals surface area contributed by atoms with Gasteiger partial charge in [-0.15, -0.1) is 0 Å². The molecule has 5 aromatic rings. The maximum atomic E-state index is 13.2. The molecule has 2 amide bonds. The van der Waals surface area contributed by atoms with Crippen LogP contribution in [0.4, 0.5) is 21.0 Å². The van der Waals surface area contributed by atoms with Crippen LogP contribution in [-0.2, 0) is 45.1 Å². The number of hydrogen-bond donors (Lipinski definition) is 0. The Balaban J connectivity index is 0.972. The Labute approximate surface area is 376 Å². The molecule has 0 atom stereocenters. The molecule has 1 heterocycles. The van der Waals surface area contributed by atoms with Gasteiger partial charge in [0.1, 0.15) is 49.4 Å². The zero-order chi connectivity index (χ0) is 45.5. The van der Waals surface area contributed by atoms with E-state index >= 15 is 0 Å². The molecule has 0 aliphatic heterocycles. The number of rotatable bonds is 26. The second-order valence-electron chi connectivity index (χ2n) is 15.0. The summed E-state index contributed by atoms with van der Waals surface area (Å²) in [5.41, 5.74) is 5.95. The first-order valence-electron chi connectivity index (χ1n) is 21.1. The molecule has 15 nitrogen and oxygen atoms in total. The molecule has 342 valence electrons. The first kappa shape index (κ1) is 48.3. The van der Waals surface area contributed by atoms with E-state index in [2.05, 4.69) is 4.98 Å². The van der Waals surface area contributed by atoms with E-state index in [0.29, 0.717) is 49.2 Å². The molecule has 0 saturated carbocycles. The number of carbonyl (C=O) groups excluding carboxylic acids is 2. The van der Waals surface area contributed by atoms with Crippen molar-refractivity contribution in [3.63, 3.8) is 0 Å². The highest BCUT2D eigenvalue weighted by Gasteiger charge is 2.19. The number of hydrogen-bond acceptors (Lipinski definition) is 13. The summed E-state index contributed by atoms with van der Waals surface area (Å²) in [5, 5.41) is 0. The van der Waals surface area contributed by atoms with Crippen LogP contribution in [0, 0.1) is 0 Å². The first-order valence-corrected chi connectivity index (χ1v) is 21.1. The summed E-state index contributed by atoms with van der Waals surface area (Å²) >= 11 is 0. The van der Waals surface area contributed by atoms with E-state index in [0.717, 1.165) is 33.6 Å². The predicted octanol–water partition coefficient (Wildman–Crippen LogP) is 7.70. The Morgan fingerprint density at radius 2 is 0.844 bits per heavy atom. The second kappa shape index (κ2) is 26.0. The normalized spacial score (nSPS) is 10.7. The van der Waals surface area contributed by atoms with Crippen LogP contribution in [0.1, 0.15) is 22.3 Å². The van der Waals surface area contributed by atoms with E-state index < -0.39 is 12.2 Å². The van der Waals surface area contributed by atoms with Gasteiger partial charge in [-0.3, -0.25) is 14.8 Å². The van der Waals surface area contributed by atoms with Crippen LogP contribution in [0.15, 0.2) is 116 Å². The van der Waals surface area contributed by atoms with Gasteiger partial charge in [0.25, 0.3) is 0 Å². The number of benzene rings is 4. The lowest BCUT2D eigenvalue weighted by molar-refractivity contribution is 0.0420. The Morgan fingerprint density at radius 3 is 1.23 bits per heavy atom. The zero-order valence-electron chi connectivity index (χ0n) is 37.8. The minimum Gasteiger partial charge on any atom is -0.497 e. The lowest BCUT2D eigenvalue weighted by Crippen LogP contribution is -2.31. The minimum atomic E-state index is -0.447. The lowest BCUT2D eigenvalue weighted by Gasteiger charge is -2.23. The average molecular weight is 880 g/mol. The van der Waals surface area contributed by atoms with Crippen LogP contribution in [0.5, 0.6) is 23.0 Å². The fourth-order valence-corrected chi connectivity index (χ4v) is 6.35. The number of anilines is 2. The van der Waals surface area contributed by atoms with Gasteiger partial charge in [0, 0.05) is 71.8 Å². The third-order valence-electron chi connectivity index (χ3n) is 9.77. The van der Waals surface area contributed by atoms with Gasteiger partial charge in [0.2, 0.25) is 0 Å². The molecule has 0 fully saturated rings. The van der Waals surface area contributed by atoms with Gasteiger partial charge in [-0.1, -0.05) is 48.5 Å². The standard InChI is InChI=1S/C49H61N5O10/c1-51(2)42-17-13-38(14-18-42)34-53(36-40-9-7-11-44(29-40)57-5)48(55)63-27-23-59-21-25-61-46-31-47(33-50-32-46)62-26-22-60-24-28-64-49(56)54(37-41-10-8-12-45(30-41)58-6)35-39-15-19-43(20-16-39)52(3)4/h7-20,29-33H,21-28,34-37H2,1-6H3. The van der Waals surface area contributed by atoms with Crippen molar-refractivity contribution in [3.8, 4) is 23.0 Å². The van der Waals surface area contributed by atoms with E-state index in [1.165, 1.54) is 0 Å². The molecule has 1 aromatic heterocycles. The highest BCUT2D eigenvalue weighted by atomic mass is 16.6. The van der Waals surface area contributed by atoms with Gasteiger partial charge in [0.05, 0.1) is 53.0 Å². The van der Waals surface area contributed by atoms with Crippen molar-refractivity contribution in [1.29, 1.82) is 0 Å². The number of carbonyl (C=O) groups is 2. The van der Waals surface area contributed by atoms with Crippen LogP contribution in [0.3, 0.4) is 0 Å². The summed E-state index contributed by atoms with van der Waals surface area (Å²) in [6.07, 6.45) is 2.27. The Bertz CT molecular complexity index is 2010. The first-order chi connectivity index (χ1) is 31.1. The Morgan fingerprint density at radius 1 is 0.453 bits per heavy atom. The van der Waals surface area contributed by atoms with Crippen molar-refractivity contribution in [2.24, 2.45) is 0 Å². The van der Waals surface area contributed by atoms with Crippen molar-refractivity contribution >= 4 is 23.6 Å². The summed E-state index contributed by atoms with van der Waals surface area (Å²) in [5.74, 6) is 2.46. The van der Waals surface area contributed by atoms with Crippen LogP contribution in [0.2, 0.25) is 0 Å². The Kier molecular flexibility index (Phi) is 19.7. The third-order valence-corrected chi connectivity index (χ3v) is 9.77. The molecule has 0 unspecified atom stereocenters. The predicted molar refractivity (Wildman–Crippen MR) is 246 cm³/mol. The smallest absolute Gasteiger partial charge is 0.410 e. The number of aromatic nitrogens is 1. The number of methoxy groups -OCH3 is 2. The molecule has 0 aliphatic carbocycles. The fourth-order valence-electron chi connectivity index (χ4n) is 6.35. The molecule has 0 bridgehead atoms.